The highest BCUT2D eigenvalue weighted by molar-refractivity contribution is 6.00. The van der Waals surface area contributed by atoms with Crippen LogP contribution >= 0.6 is 0 Å². The number of hydrogen-bond acceptors (Lipinski definition) is 3. The van der Waals surface area contributed by atoms with Crippen LogP contribution in [-0.2, 0) is 9.53 Å². The normalized spacial score (nSPS) is 17.7. The van der Waals surface area contributed by atoms with Crippen LogP contribution < -0.4 is 5.32 Å². The molecule has 4 nitrogen and oxygen atoms in total. The molecule has 0 radical (unpaired) electrons. The van der Waals surface area contributed by atoms with Gasteiger partial charge in [-0.25, -0.2) is 4.79 Å². The van der Waals surface area contributed by atoms with Gasteiger partial charge in [0.05, 0.1) is 6.04 Å². The molecule has 0 aromatic heterocycles. The Morgan fingerprint density at radius 2 is 2.00 bits per heavy atom. The second kappa shape index (κ2) is 6.03. The van der Waals surface area contributed by atoms with Crippen molar-refractivity contribution in [1.82, 2.24) is 5.32 Å². The van der Waals surface area contributed by atoms with Crippen LogP contribution in [0.1, 0.15) is 53.4 Å². The molecule has 1 amide bonds. The Kier molecular flexibility index (Phi) is 4.93. The van der Waals surface area contributed by atoms with E-state index in [9.17, 15) is 9.59 Å². The maximum atomic E-state index is 12.1. The molecule has 1 rings (SSSR count). The smallest absolute Gasteiger partial charge is 0.408 e. The molecule has 0 aromatic rings. The maximum absolute atomic E-state index is 12.1. The number of hydrogen-bond donors (Lipinski definition) is 1. The number of ether oxygens (including phenoxy) is 1. The fourth-order valence-corrected chi connectivity index (χ4v) is 1.89. The van der Waals surface area contributed by atoms with Crippen molar-refractivity contribution in [3.8, 4) is 0 Å². The summed E-state index contributed by atoms with van der Waals surface area (Å²) in [5, 5.41) is 2.58. The van der Waals surface area contributed by atoms with Crippen molar-refractivity contribution in [2.24, 2.45) is 0 Å². The van der Waals surface area contributed by atoms with Gasteiger partial charge in [-0.15, -0.1) is 0 Å². The highest BCUT2D eigenvalue weighted by Crippen LogP contribution is 2.19. The van der Waals surface area contributed by atoms with Gasteiger partial charge in [0.1, 0.15) is 5.60 Å². The monoisotopic (exact) mass is 253 g/mol. The molecule has 4 heteroatoms. The van der Waals surface area contributed by atoms with Crippen molar-refractivity contribution < 1.29 is 14.3 Å². The summed E-state index contributed by atoms with van der Waals surface area (Å²) in [7, 11) is 0. The van der Waals surface area contributed by atoms with Crippen molar-refractivity contribution in [1.29, 1.82) is 0 Å². The first-order valence-electron chi connectivity index (χ1n) is 6.52. The Balaban J connectivity index is 2.49. The summed E-state index contributed by atoms with van der Waals surface area (Å²) in [5.74, 6) is 0.000518. The van der Waals surface area contributed by atoms with Crippen molar-refractivity contribution >= 4 is 11.9 Å². The van der Waals surface area contributed by atoms with Gasteiger partial charge in [-0.3, -0.25) is 4.79 Å². The molecule has 1 aliphatic carbocycles. The molecule has 0 fully saturated rings. The second-order valence-corrected chi connectivity index (χ2v) is 5.71. The summed E-state index contributed by atoms with van der Waals surface area (Å²) < 4.78 is 5.12. The summed E-state index contributed by atoms with van der Waals surface area (Å²) in [4.78, 5) is 23.6. The fraction of sp³-hybridized carbons (Fsp3) is 0.714. The molecule has 0 saturated heterocycles. The van der Waals surface area contributed by atoms with Crippen LogP contribution in [-0.4, -0.2) is 23.5 Å². The van der Waals surface area contributed by atoms with Gasteiger partial charge in [0.2, 0.25) is 0 Å². The third kappa shape index (κ3) is 4.90. The van der Waals surface area contributed by atoms with Gasteiger partial charge in [0.15, 0.2) is 5.78 Å². The molecule has 18 heavy (non-hydrogen) atoms. The van der Waals surface area contributed by atoms with E-state index in [0.29, 0.717) is 0 Å². The predicted molar refractivity (Wildman–Crippen MR) is 70.4 cm³/mol. The van der Waals surface area contributed by atoms with E-state index in [2.05, 4.69) is 5.32 Å². The van der Waals surface area contributed by atoms with Crippen LogP contribution in [0.2, 0.25) is 0 Å². The molecule has 0 heterocycles. The molecule has 1 unspecified atom stereocenters. The quantitative estimate of drug-likeness (QED) is 0.841. The van der Waals surface area contributed by atoms with Crippen LogP contribution in [0.3, 0.4) is 0 Å². The standard InChI is InChI=1S/C14H23NO3/c1-10(15-13(17)18-14(2,3)4)12(16)11-8-6-5-7-9-11/h8,10H,5-7,9H2,1-4H3,(H,15,17). The lowest BCUT2D eigenvalue weighted by Crippen LogP contribution is -2.42. The van der Waals surface area contributed by atoms with Crippen LogP contribution in [0, 0.1) is 0 Å². The SMILES string of the molecule is CC(NC(=O)OC(C)(C)C)C(=O)C1=CCCCC1. The number of ketones is 1. The molecule has 0 bridgehead atoms. The van der Waals surface area contributed by atoms with E-state index in [1.165, 1.54) is 0 Å². The van der Waals surface area contributed by atoms with Crippen LogP contribution in [0.15, 0.2) is 11.6 Å². The Hall–Kier alpha value is -1.32. The first-order chi connectivity index (χ1) is 8.29. The van der Waals surface area contributed by atoms with Gasteiger partial charge in [-0.1, -0.05) is 6.08 Å². The topological polar surface area (TPSA) is 55.4 Å². The van der Waals surface area contributed by atoms with Gasteiger partial charge in [-0.05, 0) is 59.0 Å². The fourth-order valence-electron chi connectivity index (χ4n) is 1.89. The third-order valence-corrected chi connectivity index (χ3v) is 2.73. The molecule has 0 aromatic carbocycles. The van der Waals surface area contributed by atoms with Crippen molar-refractivity contribution in [3.63, 3.8) is 0 Å². The predicted octanol–water partition coefficient (Wildman–Crippen LogP) is 2.97. The van der Waals surface area contributed by atoms with E-state index < -0.39 is 17.7 Å². The van der Waals surface area contributed by atoms with Crippen molar-refractivity contribution in [3.05, 3.63) is 11.6 Å². The van der Waals surface area contributed by atoms with Gasteiger partial charge in [0, 0.05) is 0 Å². The summed E-state index contributed by atoms with van der Waals surface area (Å²) in [6, 6.07) is -0.524. The lowest BCUT2D eigenvalue weighted by atomic mass is 9.94. The van der Waals surface area contributed by atoms with Gasteiger partial charge in [0.25, 0.3) is 0 Å². The highest BCUT2D eigenvalue weighted by atomic mass is 16.6. The number of alkyl carbamates (subject to hydrolysis) is 1. The molecule has 0 saturated carbocycles. The average Bonchev–Trinajstić information content (AvgIpc) is 2.26. The molecule has 0 spiro atoms. The molecule has 102 valence electrons. The summed E-state index contributed by atoms with van der Waals surface area (Å²) in [6.07, 6.45) is 5.42. The number of Topliss-reactive ketones (excluding diaryl/α,β-unsaturated/α-hetero) is 1. The number of nitrogens with one attached hydrogen (secondary N) is 1. The van der Waals surface area contributed by atoms with Gasteiger partial charge >= 0.3 is 6.09 Å². The lowest BCUT2D eigenvalue weighted by molar-refractivity contribution is -0.117. The Morgan fingerprint density at radius 1 is 1.33 bits per heavy atom. The molecule has 1 N–H and O–H groups in total. The van der Waals surface area contributed by atoms with E-state index in [4.69, 9.17) is 4.74 Å². The molecule has 1 atom stereocenters. The minimum absolute atomic E-state index is 0.000518. The number of carbonyl (C=O) groups excluding carboxylic acids is 2. The summed E-state index contributed by atoms with van der Waals surface area (Å²) in [6.45, 7) is 7.08. The highest BCUT2D eigenvalue weighted by Gasteiger charge is 2.23. The first-order valence-corrected chi connectivity index (χ1v) is 6.52. The van der Waals surface area contributed by atoms with Crippen LogP contribution in [0.4, 0.5) is 4.79 Å². The number of rotatable bonds is 3. The molecular formula is C14H23NO3. The Morgan fingerprint density at radius 3 is 2.50 bits per heavy atom. The first kappa shape index (κ1) is 14.7. The maximum Gasteiger partial charge on any atom is 0.408 e. The Labute approximate surface area is 109 Å². The molecular weight excluding hydrogens is 230 g/mol. The van der Waals surface area contributed by atoms with Crippen LogP contribution in [0.5, 0.6) is 0 Å². The van der Waals surface area contributed by atoms with E-state index in [0.717, 1.165) is 31.3 Å². The van der Waals surface area contributed by atoms with E-state index in [1.54, 1.807) is 27.7 Å². The van der Waals surface area contributed by atoms with E-state index in [-0.39, 0.29) is 5.78 Å². The van der Waals surface area contributed by atoms with E-state index in [1.807, 2.05) is 6.08 Å². The average molecular weight is 253 g/mol. The largest absolute Gasteiger partial charge is 0.444 e. The zero-order valence-corrected chi connectivity index (χ0v) is 11.7. The zero-order valence-electron chi connectivity index (χ0n) is 11.7. The van der Waals surface area contributed by atoms with Gasteiger partial charge < -0.3 is 10.1 Å². The molecule has 1 aliphatic rings. The van der Waals surface area contributed by atoms with E-state index >= 15 is 0 Å². The third-order valence-electron chi connectivity index (χ3n) is 2.73. The summed E-state index contributed by atoms with van der Waals surface area (Å²) in [5.41, 5.74) is 0.293. The minimum Gasteiger partial charge on any atom is -0.444 e. The molecule has 0 aliphatic heterocycles. The second-order valence-electron chi connectivity index (χ2n) is 5.71. The zero-order chi connectivity index (χ0) is 13.8. The number of carbonyl (C=O) groups is 2. The lowest BCUT2D eigenvalue weighted by Gasteiger charge is -2.22. The van der Waals surface area contributed by atoms with Crippen molar-refractivity contribution in [2.45, 2.75) is 65.0 Å². The number of amides is 1. The Bertz CT molecular complexity index is 353. The van der Waals surface area contributed by atoms with Crippen LogP contribution in [0.25, 0.3) is 0 Å². The van der Waals surface area contributed by atoms with Gasteiger partial charge in [-0.2, -0.15) is 0 Å². The van der Waals surface area contributed by atoms with Crippen molar-refractivity contribution in [2.75, 3.05) is 0 Å². The number of allylic oxidation sites excluding steroid dienone is 1. The minimum atomic E-state index is -0.545. The summed E-state index contributed by atoms with van der Waals surface area (Å²) >= 11 is 0.